The van der Waals surface area contributed by atoms with Crippen LogP contribution in [0.25, 0.3) is 0 Å². The van der Waals surface area contributed by atoms with Crippen molar-refractivity contribution in [2.24, 2.45) is 11.7 Å². The molecular formula is C15H25NO. The quantitative estimate of drug-likeness (QED) is 0.820. The second-order valence-corrected chi connectivity index (χ2v) is 5.32. The number of ether oxygens (including phenoxy) is 1. The van der Waals surface area contributed by atoms with Crippen LogP contribution < -0.4 is 10.5 Å². The summed E-state index contributed by atoms with van der Waals surface area (Å²) in [6, 6.07) is 8.35. The molecule has 0 heterocycles. The Morgan fingerprint density at radius 2 is 1.82 bits per heavy atom. The monoisotopic (exact) mass is 235 g/mol. The highest BCUT2D eigenvalue weighted by Gasteiger charge is 2.25. The van der Waals surface area contributed by atoms with E-state index in [9.17, 15) is 0 Å². The van der Waals surface area contributed by atoms with E-state index < -0.39 is 0 Å². The van der Waals surface area contributed by atoms with Crippen molar-refractivity contribution in [2.45, 2.75) is 39.5 Å². The van der Waals surface area contributed by atoms with Gasteiger partial charge in [0, 0.05) is 12.0 Å². The summed E-state index contributed by atoms with van der Waals surface area (Å²) < 4.78 is 5.46. The molecular weight excluding hydrogens is 210 g/mol. The lowest BCUT2D eigenvalue weighted by Gasteiger charge is -2.30. The fourth-order valence-corrected chi connectivity index (χ4v) is 2.34. The van der Waals surface area contributed by atoms with Crippen molar-refractivity contribution in [1.29, 1.82) is 0 Å². The Kier molecular flexibility index (Phi) is 5.01. The molecule has 1 atom stereocenters. The smallest absolute Gasteiger partial charge is 0.119 e. The minimum atomic E-state index is 0.0684. The summed E-state index contributed by atoms with van der Waals surface area (Å²) in [6.45, 7) is 10.1. The third kappa shape index (κ3) is 3.74. The highest BCUT2D eigenvalue weighted by Crippen LogP contribution is 2.31. The van der Waals surface area contributed by atoms with Gasteiger partial charge in [-0.25, -0.2) is 0 Å². The number of benzene rings is 1. The zero-order valence-electron chi connectivity index (χ0n) is 11.5. The molecule has 1 unspecified atom stereocenters. The summed E-state index contributed by atoms with van der Waals surface area (Å²) >= 11 is 0. The normalized spacial score (nSPS) is 14.7. The van der Waals surface area contributed by atoms with E-state index in [0.717, 1.165) is 12.2 Å². The first-order chi connectivity index (χ1) is 8.01. The molecule has 0 bridgehead atoms. The number of nitrogens with two attached hydrogens (primary N) is 1. The fraction of sp³-hybridized carbons (Fsp3) is 0.600. The fourth-order valence-electron chi connectivity index (χ4n) is 2.34. The molecule has 0 amide bonds. The van der Waals surface area contributed by atoms with Crippen molar-refractivity contribution in [3.8, 4) is 5.75 Å². The molecule has 0 radical (unpaired) electrons. The average molecular weight is 235 g/mol. The van der Waals surface area contributed by atoms with E-state index in [1.54, 1.807) is 0 Å². The molecule has 2 heteroatoms. The van der Waals surface area contributed by atoms with E-state index in [2.05, 4.69) is 32.9 Å². The Hall–Kier alpha value is -1.02. The maximum atomic E-state index is 5.95. The van der Waals surface area contributed by atoms with Gasteiger partial charge in [0.25, 0.3) is 0 Å². The lowest BCUT2D eigenvalue weighted by atomic mass is 9.76. The van der Waals surface area contributed by atoms with E-state index >= 15 is 0 Å². The summed E-state index contributed by atoms with van der Waals surface area (Å²) in [5, 5.41) is 0. The largest absolute Gasteiger partial charge is 0.494 e. The van der Waals surface area contributed by atoms with Gasteiger partial charge in [0.1, 0.15) is 5.75 Å². The zero-order chi connectivity index (χ0) is 12.9. The summed E-state index contributed by atoms with van der Waals surface area (Å²) in [4.78, 5) is 0. The molecule has 0 saturated carbocycles. The van der Waals surface area contributed by atoms with Gasteiger partial charge in [0.05, 0.1) is 6.61 Å². The highest BCUT2D eigenvalue weighted by atomic mass is 16.5. The van der Waals surface area contributed by atoms with Crippen LogP contribution in [0.4, 0.5) is 0 Å². The van der Waals surface area contributed by atoms with Gasteiger partial charge in [-0.1, -0.05) is 32.9 Å². The molecule has 0 aliphatic rings. The van der Waals surface area contributed by atoms with Crippen molar-refractivity contribution in [3.05, 3.63) is 29.8 Å². The molecule has 0 aliphatic heterocycles. The number of hydrogen-bond acceptors (Lipinski definition) is 2. The topological polar surface area (TPSA) is 35.2 Å². The van der Waals surface area contributed by atoms with E-state index in [1.807, 2.05) is 19.1 Å². The maximum absolute atomic E-state index is 5.95. The molecule has 0 fully saturated rings. The van der Waals surface area contributed by atoms with E-state index in [4.69, 9.17) is 10.5 Å². The van der Waals surface area contributed by atoms with Gasteiger partial charge >= 0.3 is 0 Å². The predicted molar refractivity (Wildman–Crippen MR) is 73.5 cm³/mol. The van der Waals surface area contributed by atoms with Crippen LogP contribution in [-0.2, 0) is 5.41 Å². The minimum absolute atomic E-state index is 0.0684. The molecule has 0 aromatic heterocycles. The van der Waals surface area contributed by atoms with Crippen LogP contribution in [-0.4, -0.2) is 13.2 Å². The van der Waals surface area contributed by atoms with Gasteiger partial charge in [0.2, 0.25) is 0 Å². The third-order valence-corrected chi connectivity index (χ3v) is 3.17. The average Bonchev–Trinajstić information content (AvgIpc) is 2.29. The van der Waals surface area contributed by atoms with Crippen molar-refractivity contribution in [2.75, 3.05) is 13.2 Å². The van der Waals surface area contributed by atoms with E-state index in [0.29, 0.717) is 19.1 Å². The van der Waals surface area contributed by atoms with Gasteiger partial charge in [-0.2, -0.15) is 0 Å². The highest BCUT2D eigenvalue weighted by molar-refractivity contribution is 5.32. The second-order valence-electron chi connectivity index (χ2n) is 5.32. The van der Waals surface area contributed by atoms with Gasteiger partial charge in [-0.05, 0) is 37.0 Å². The van der Waals surface area contributed by atoms with Crippen LogP contribution in [0.15, 0.2) is 24.3 Å². The van der Waals surface area contributed by atoms with Gasteiger partial charge in [-0.15, -0.1) is 0 Å². The maximum Gasteiger partial charge on any atom is 0.119 e. The molecule has 1 rings (SSSR count). The summed E-state index contributed by atoms with van der Waals surface area (Å²) in [5.41, 5.74) is 7.32. The summed E-state index contributed by atoms with van der Waals surface area (Å²) in [7, 11) is 0. The standard InChI is InChI=1S/C15H25NO/c1-5-17-14-8-6-13(7-9-14)15(4,11-16)10-12(2)3/h6-9,12H,5,10-11,16H2,1-4H3. The van der Waals surface area contributed by atoms with Crippen molar-refractivity contribution in [1.82, 2.24) is 0 Å². The van der Waals surface area contributed by atoms with Crippen LogP contribution in [0.3, 0.4) is 0 Å². The SMILES string of the molecule is CCOc1ccc(C(C)(CN)CC(C)C)cc1. The molecule has 1 aromatic rings. The Labute approximate surface area is 105 Å². The van der Waals surface area contributed by atoms with Gasteiger partial charge in [-0.3, -0.25) is 0 Å². The van der Waals surface area contributed by atoms with Gasteiger partial charge in [0.15, 0.2) is 0 Å². The third-order valence-electron chi connectivity index (χ3n) is 3.17. The molecule has 2 N–H and O–H groups in total. The molecule has 0 aliphatic carbocycles. The van der Waals surface area contributed by atoms with Crippen LogP contribution in [0.5, 0.6) is 5.75 Å². The lowest BCUT2D eigenvalue weighted by Crippen LogP contribution is -2.33. The molecule has 0 saturated heterocycles. The lowest BCUT2D eigenvalue weighted by molar-refractivity contribution is 0.339. The Bertz CT molecular complexity index is 331. The van der Waals surface area contributed by atoms with Crippen molar-refractivity contribution < 1.29 is 4.74 Å². The van der Waals surface area contributed by atoms with Crippen LogP contribution in [0, 0.1) is 5.92 Å². The first-order valence-corrected chi connectivity index (χ1v) is 6.45. The zero-order valence-corrected chi connectivity index (χ0v) is 11.5. The molecule has 2 nitrogen and oxygen atoms in total. The number of rotatable bonds is 6. The summed E-state index contributed by atoms with van der Waals surface area (Å²) in [5.74, 6) is 1.58. The molecule has 17 heavy (non-hydrogen) atoms. The van der Waals surface area contributed by atoms with Gasteiger partial charge < -0.3 is 10.5 Å². The van der Waals surface area contributed by atoms with Crippen LogP contribution in [0.1, 0.15) is 39.7 Å². The predicted octanol–water partition coefficient (Wildman–Crippen LogP) is 3.35. The summed E-state index contributed by atoms with van der Waals surface area (Å²) in [6.07, 6.45) is 1.11. The first kappa shape index (κ1) is 14.0. The van der Waals surface area contributed by atoms with Crippen molar-refractivity contribution in [3.63, 3.8) is 0 Å². The van der Waals surface area contributed by atoms with Crippen LogP contribution in [0.2, 0.25) is 0 Å². The Morgan fingerprint density at radius 1 is 1.24 bits per heavy atom. The number of hydrogen-bond donors (Lipinski definition) is 1. The van der Waals surface area contributed by atoms with Crippen molar-refractivity contribution >= 4 is 0 Å². The minimum Gasteiger partial charge on any atom is -0.494 e. The second kappa shape index (κ2) is 6.06. The molecule has 0 spiro atoms. The first-order valence-electron chi connectivity index (χ1n) is 6.45. The van der Waals surface area contributed by atoms with E-state index in [1.165, 1.54) is 5.56 Å². The van der Waals surface area contributed by atoms with Crippen LogP contribution >= 0.6 is 0 Å². The van der Waals surface area contributed by atoms with E-state index in [-0.39, 0.29) is 5.41 Å². The molecule has 1 aromatic carbocycles. The Balaban J connectivity index is 2.88. The Morgan fingerprint density at radius 3 is 2.24 bits per heavy atom. The molecule has 96 valence electrons.